The van der Waals surface area contributed by atoms with Gasteiger partial charge in [-0.2, -0.15) is 0 Å². The molecule has 0 aromatic heterocycles. The average Bonchev–Trinajstić information content (AvgIpc) is 2.60. The summed E-state index contributed by atoms with van der Waals surface area (Å²) in [7, 11) is 0. The van der Waals surface area contributed by atoms with Crippen molar-refractivity contribution in [1.82, 2.24) is 0 Å². The van der Waals surface area contributed by atoms with Gasteiger partial charge in [0.15, 0.2) is 0 Å². The molecule has 1 heterocycles. The van der Waals surface area contributed by atoms with Crippen molar-refractivity contribution >= 4 is 18.6 Å². The summed E-state index contributed by atoms with van der Waals surface area (Å²) >= 11 is 0. The van der Waals surface area contributed by atoms with Gasteiger partial charge >= 0.3 is 0 Å². The smallest absolute Gasteiger partial charge is 0.0730 e. The normalized spacial score (nSPS) is 28.6. The van der Waals surface area contributed by atoms with Crippen molar-refractivity contribution in [3.05, 3.63) is 34.4 Å². The van der Waals surface area contributed by atoms with Crippen LogP contribution in [0.15, 0.2) is 39.4 Å². The molecule has 1 atom stereocenters. The predicted molar refractivity (Wildman–Crippen MR) is 53.0 cm³/mol. The van der Waals surface area contributed by atoms with Gasteiger partial charge in [0, 0.05) is 11.8 Å². The maximum absolute atomic E-state index is 4.38. The first-order chi connectivity index (χ1) is 5.36. The lowest BCUT2D eigenvalue weighted by atomic mass is 10.0. The molecule has 3 rings (SSSR count). The van der Waals surface area contributed by atoms with Crippen LogP contribution in [0.25, 0.3) is 0 Å². The molecule has 1 unspecified atom stereocenters. The number of allylic oxidation sites excluding steroid dienone is 4. The lowest BCUT2D eigenvalue weighted by molar-refractivity contribution is 0.905. The zero-order valence-electron chi connectivity index (χ0n) is 6.87. The summed E-state index contributed by atoms with van der Waals surface area (Å²) in [6.07, 6.45) is 7.66. The Morgan fingerprint density at radius 2 is 2.08 bits per heavy atom. The first kappa shape index (κ1) is 7.81. The zero-order chi connectivity index (χ0) is 7.42. The van der Waals surface area contributed by atoms with E-state index < -0.39 is 0 Å². The molecular formula is C10H10ClN. The molecule has 0 saturated heterocycles. The Hall–Kier alpha value is -0.820. The fourth-order valence-corrected chi connectivity index (χ4v) is 2.15. The SMILES string of the molecule is CC1N=CC2=C3C=CC(=C21)C3.Cl. The van der Waals surface area contributed by atoms with Gasteiger partial charge in [0.25, 0.3) is 0 Å². The van der Waals surface area contributed by atoms with Gasteiger partial charge in [-0.3, -0.25) is 4.99 Å². The first-order valence-corrected chi connectivity index (χ1v) is 4.04. The average molecular weight is 180 g/mol. The molecule has 0 aromatic rings. The molecule has 1 aliphatic heterocycles. The standard InChI is InChI=1S/C10H9N.ClH/c1-6-10-8-3-2-7(4-8)9(10)5-11-6;/h2-3,5-6H,4H2,1H3;1H. The van der Waals surface area contributed by atoms with Crippen LogP contribution in [-0.4, -0.2) is 12.3 Å². The number of fused-ring (bicyclic) bond motifs is 3. The topological polar surface area (TPSA) is 12.4 Å². The molecule has 62 valence electrons. The van der Waals surface area contributed by atoms with E-state index in [1.165, 1.54) is 28.7 Å². The summed E-state index contributed by atoms with van der Waals surface area (Å²) in [5.74, 6) is 0. The van der Waals surface area contributed by atoms with Gasteiger partial charge in [-0.1, -0.05) is 12.2 Å². The van der Waals surface area contributed by atoms with E-state index in [4.69, 9.17) is 0 Å². The molecule has 0 spiro atoms. The van der Waals surface area contributed by atoms with E-state index in [9.17, 15) is 0 Å². The Morgan fingerprint density at radius 1 is 1.33 bits per heavy atom. The second kappa shape index (κ2) is 2.33. The van der Waals surface area contributed by atoms with E-state index in [-0.39, 0.29) is 12.4 Å². The summed E-state index contributed by atoms with van der Waals surface area (Å²) in [6.45, 7) is 2.17. The summed E-state index contributed by atoms with van der Waals surface area (Å²) in [6, 6.07) is 0.419. The van der Waals surface area contributed by atoms with Crippen LogP contribution >= 0.6 is 12.4 Å². The van der Waals surface area contributed by atoms with Crippen molar-refractivity contribution in [1.29, 1.82) is 0 Å². The summed E-state index contributed by atoms with van der Waals surface area (Å²) in [5.41, 5.74) is 5.88. The highest BCUT2D eigenvalue weighted by atomic mass is 35.5. The Morgan fingerprint density at radius 3 is 2.83 bits per heavy atom. The molecule has 0 radical (unpaired) electrons. The predicted octanol–water partition coefficient (Wildman–Crippen LogP) is 2.45. The van der Waals surface area contributed by atoms with Gasteiger partial charge in [-0.15, -0.1) is 12.4 Å². The van der Waals surface area contributed by atoms with Crippen molar-refractivity contribution < 1.29 is 0 Å². The summed E-state index contributed by atoms with van der Waals surface area (Å²) in [5, 5.41) is 0. The van der Waals surface area contributed by atoms with Gasteiger partial charge in [0.05, 0.1) is 6.04 Å². The van der Waals surface area contributed by atoms with E-state index in [2.05, 4.69) is 24.1 Å². The molecule has 0 N–H and O–H groups in total. The highest BCUT2D eigenvalue weighted by Crippen LogP contribution is 2.42. The second-order valence-electron chi connectivity index (χ2n) is 3.34. The van der Waals surface area contributed by atoms with Crippen LogP contribution in [0.2, 0.25) is 0 Å². The maximum Gasteiger partial charge on any atom is 0.0730 e. The molecular weight excluding hydrogens is 170 g/mol. The van der Waals surface area contributed by atoms with Crippen LogP contribution in [0.4, 0.5) is 0 Å². The van der Waals surface area contributed by atoms with Crippen LogP contribution in [0, 0.1) is 0 Å². The quantitative estimate of drug-likeness (QED) is 0.542. The van der Waals surface area contributed by atoms with Crippen molar-refractivity contribution in [3.8, 4) is 0 Å². The number of rotatable bonds is 0. The van der Waals surface area contributed by atoms with Crippen LogP contribution in [0.3, 0.4) is 0 Å². The van der Waals surface area contributed by atoms with Crippen LogP contribution in [-0.2, 0) is 0 Å². The Balaban J connectivity index is 0.000000563. The molecule has 0 saturated carbocycles. The van der Waals surface area contributed by atoms with Gasteiger partial charge in [0.2, 0.25) is 0 Å². The number of nitrogens with zero attached hydrogens (tertiary/aromatic N) is 1. The van der Waals surface area contributed by atoms with Crippen molar-refractivity contribution in [2.24, 2.45) is 4.99 Å². The van der Waals surface area contributed by atoms with Gasteiger partial charge in [-0.05, 0) is 30.1 Å². The third kappa shape index (κ3) is 0.721. The van der Waals surface area contributed by atoms with Crippen LogP contribution < -0.4 is 0 Å². The molecule has 0 fully saturated rings. The van der Waals surface area contributed by atoms with Crippen LogP contribution in [0.5, 0.6) is 0 Å². The van der Waals surface area contributed by atoms with Gasteiger partial charge in [-0.25, -0.2) is 0 Å². The molecule has 12 heavy (non-hydrogen) atoms. The molecule has 0 aromatic carbocycles. The number of hydrogen-bond donors (Lipinski definition) is 0. The number of hydrogen-bond acceptors (Lipinski definition) is 1. The van der Waals surface area contributed by atoms with Crippen molar-refractivity contribution in [2.45, 2.75) is 19.4 Å². The molecule has 2 aliphatic carbocycles. The maximum atomic E-state index is 4.38. The molecule has 2 bridgehead atoms. The highest BCUT2D eigenvalue weighted by molar-refractivity contribution is 5.94. The van der Waals surface area contributed by atoms with Gasteiger partial charge < -0.3 is 0 Å². The number of halogens is 1. The summed E-state index contributed by atoms with van der Waals surface area (Å²) in [4.78, 5) is 4.38. The van der Waals surface area contributed by atoms with Crippen LogP contribution in [0.1, 0.15) is 13.3 Å². The minimum atomic E-state index is 0. The third-order valence-corrected chi connectivity index (χ3v) is 2.69. The molecule has 3 aliphatic rings. The fraction of sp³-hybridized carbons (Fsp3) is 0.300. The number of aliphatic imine (C=N–C) groups is 1. The highest BCUT2D eigenvalue weighted by Gasteiger charge is 2.30. The summed E-state index contributed by atoms with van der Waals surface area (Å²) < 4.78 is 0. The van der Waals surface area contributed by atoms with E-state index in [0.717, 1.165) is 0 Å². The van der Waals surface area contributed by atoms with Gasteiger partial charge in [0.1, 0.15) is 0 Å². The van der Waals surface area contributed by atoms with E-state index in [1.54, 1.807) is 0 Å². The zero-order valence-corrected chi connectivity index (χ0v) is 7.69. The lowest BCUT2D eigenvalue weighted by Gasteiger charge is -2.04. The third-order valence-electron chi connectivity index (χ3n) is 2.69. The molecule has 0 amide bonds. The Labute approximate surface area is 78.0 Å². The Bertz CT molecular complexity index is 358. The lowest BCUT2D eigenvalue weighted by Crippen LogP contribution is -1.98. The first-order valence-electron chi connectivity index (χ1n) is 4.04. The monoisotopic (exact) mass is 179 g/mol. The van der Waals surface area contributed by atoms with E-state index >= 15 is 0 Å². The minimum Gasteiger partial charge on any atom is -0.285 e. The Kier molecular flexibility index (Phi) is 1.52. The minimum absolute atomic E-state index is 0. The molecule has 1 nitrogen and oxygen atoms in total. The fourth-order valence-electron chi connectivity index (χ4n) is 2.15. The largest absolute Gasteiger partial charge is 0.285 e. The van der Waals surface area contributed by atoms with E-state index in [1.807, 2.05) is 6.21 Å². The second-order valence-corrected chi connectivity index (χ2v) is 3.34. The molecule has 2 heteroatoms. The van der Waals surface area contributed by atoms with Crippen molar-refractivity contribution in [3.63, 3.8) is 0 Å². The van der Waals surface area contributed by atoms with Crippen molar-refractivity contribution in [2.75, 3.05) is 0 Å². The van der Waals surface area contributed by atoms with E-state index in [0.29, 0.717) is 6.04 Å².